The van der Waals surface area contributed by atoms with Gasteiger partial charge in [-0.25, -0.2) is 4.79 Å². The second kappa shape index (κ2) is 9.09. The van der Waals surface area contributed by atoms with E-state index in [1.165, 1.54) is 0 Å². The molecule has 0 radical (unpaired) electrons. The molecule has 5 N–H and O–H groups in total. The zero-order valence-electron chi connectivity index (χ0n) is 11.7. The van der Waals surface area contributed by atoms with Gasteiger partial charge in [-0.3, -0.25) is 0 Å². The largest absolute Gasteiger partial charge is 0.465 e. The van der Waals surface area contributed by atoms with Crippen molar-refractivity contribution >= 4 is 23.7 Å². The predicted molar refractivity (Wildman–Crippen MR) is 81.5 cm³/mol. The molecule has 1 aromatic rings. The average molecular weight is 313 g/mol. The molecule has 0 saturated heterocycles. The van der Waals surface area contributed by atoms with Gasteiger partial charge >= 0.3 is 6.09 Å². The Labute approximate surface area is 127 Å². The molecule has 1 rings (SSSR count). The van der Waals surface area contributed by atoms with Crippen LogP contribution in [0.2, 0.25) is 0 Å². The molecule has 0 aliphatic carbocycles. The van der Waals surface area contributed by atoms with Crippen molar-refractivity contribution in [2.45, 2.75) is 17.4 Å². The summed E-state index contributed by atoms with van der Waals surface area (Å²) in [5.74, 6) is 0.0137. The Hall–Kier alpha value is -1.93. The zero-order chi connectivity index (χ0) is 15.7. The molecule has 1 amide bonds. The van der Waals surface area contributed by atoms with E-state index < -0.39 is 12.1 Å². The summed E-state index contributed by atoms with van der Waals surface area (Å²) in [6, 6.07) is 7.02. The zero-order valence-corrected chi connectivity index (χ0v) is 12.5. The lowest BCUT2D eigenvalue weighted by atomic mass is 10.1. The number of benzene rings is 1. The topological polar surface area (TPSA) is 117 Å². The molecular weight excluding hydrogens is 294 g/mol. The molecule has 0 aliphatic rings. The van der Waals surface area contributed by atoms with Crippen LogP contribution < -0.4 is 11.1 Å². The normalized spacial score (nSPS) is 12.8. The SMILES string of the molecule is CSc1ccc(CC(NC(=O)O)/C(N)=N\OCCO)cc1. The number of hydrogen-bond donors (Lipinski definition) is 4. The third-order valence-electron chi connectivity index (χ3n) is 2.61. The molecule has 0 aromatic heterocycles. The number of nitrogens with two attached hydrogens (primary N) is 1. The summed E-state index contributed by atoms with van der Waals surface area (Å²) in [7, 11) is 0. The first-order valence-electron chi connectivity index (χ1n) is 6.25. The van der Waals surface area contributed by atoms with Gasteiger partial charge in [0, 0.05) is 11.3 Å². The fourth-order valence-electron chi connectivity index (χ4n) is 1.60. The summed E-state index contributed by atoms with van der Waals surface area (Å²) in [5.41, 5.74) is 6.65. The fourth-order valence-corrected chi connectivity index (χ4v) is 2.01. The van der Waals surface area contributed by atoms with Crippen LogP contribution in [0.3, 0.4) is 0 Å². The Kier molecular flexibility index (Phi) is 7.41. The Morgan fingerprint density at radius 1 is 1.48 bits per heavy atom. The lowest BCUT2D eigenvalue weighted by Gasteiger charge is -2.16. The van der Waals surface area contributed by atoms with Crippen molar-refractivity contribution in [3.8, 4) is 0 Å². The minimum Gasteiger partial charge on any atom is -0.465 e. The van der Waals surface area contributed by atoms with Gasteiger partial charge in [0.15, 0.2) is 5.84 Å². The van der Waals surface area contributed by atoms with Gasteiger partial charge in [0.2, 0.25) is 0 Å². The van der Waals surface area contributed by atoms with Crippen molar-refractivity contribution in [3.05, 3.63) is 29.8 Å². The molecule has 0 spiro atoms. The van der Waals surface area contributed by atoms with E-state index in [9.17, 15) is 4.79 Å². The molecule has 0 fully saturated rings. The number of amides is 1. The highest BCUT2D eigenvalue weighted by molar-refractivity contribution is 7.98. The number of carboxylic acid groups (broad SMARTS) is 1. The molecule has 0 aliphatic heterocycles. The van der Waals surface area contributed by atoms with Gasteiger partial charge in [-0.1, -0.05) is 17.3 Å². The van der Waals surface area contributed by atoms with E-state index in [1.54, 1.807) is 11.8 Å². The maximum absolute atomic E-state index is 10.8. The first kappa shape index (κ1) is 17.1. The van der Waals surface area contributed by atoms with E-state index in [0.717, 1.165) is 10.5 Å². The van der Waals surface area contributed by atoms with Crippen molar-refractivity contribution < 1.29 is 19.8 Å². The number of rotatable bonds is 8. The summed E-state index contributed by atoms with van der Waals surface area (Å²) < 4.78 is 0. The summed E-state index contributed by atoms with van der Waals surface area (Å²) in [6.45, 7) is -0.188. The van der Waals surface area contributed by atoms with E-state index >= 15 is 0 Å². The maximum atomic E-state index is 10.8. The first-order valence-corrected chi connectivity index (χ1v) is 7.48. The number of hydrogen-bond acceptors (Lipinski definition) is 5. The molecule has 0 bridgehead atoms. The van der Waals surface area contributed by atoms with Gasteiger partial charge < -0.3 is 26.1 Å². The van der Waals surface area contributed by atoms with Crippen molar-refractivity contribution in [1.82, 2.24) is 5.32 Å². The highest BCUT2D eigenvalue weighted by Gasteiger charge is 2.17. The van der Waals surface area contributed by atoms with Crippen LogP contribution in [0.25, 0.3) is 0 Å². The van der Waals surface area contributed by atoms with E-state index in [0.29, 0.717) is 6.42 Å². The fraction of sp³-hybridized carbons (Fsp3) is 0.385. The molecule has 21 heavy (non-hydrogen) atoms. The number of nitrogens with one attached hydrogen (secondary N) is 1. The predicted octanol–water partition coefficient (Wildman–Crippen LogP) is 0.868. The van der Waals surface area contributed by atoms with Crippen molar-refractivity contribution in [2.24, 2.45) is 10.9 Å². The molecule has 8 heteroatoms. The van der Waals surface area contributed by atoms with Gasteiger partial charge in [-0.15, -0.1) is 11.8 Å². The van der Waals surface area contributed by atoms with E-state index in [-0.39, 0.29) is 19.0 Å². The highest BCUT2D eigenvalue weighted by Crippen LogP contribution is 2.15. The second-order valence-corrected chi connectivity index (χ2v) is 5.01. The Balaban J connectivity index is 2.76. The third kappa shape index (κ3) is 6.37. The standard InChI is InChI=1S/C13H19N3O4S/c1-21-10-4-2-9(3-5-10)8-11(15-13(18)19)12(14)16-20-7-6-17/h2-5,11,15,17H,6-8H2,1H3,(H2,14,16)(H,18,19). The van der Waals surface area contributed by atoms with Crippen LogP contribution in [0.1, 0.15) is 5.56 Å². The number of aliphatic hydroxyl groups excluding tert-OH is 1. The van der Waals surface area contributed by atoms with Crippen LogP contribution >= 0.6 is 11.8 Å². The second-order valence-electron chi connectivity index (χ2n) is 4.13. The average Bonchev–Trinajstić information content (AvgIpc) is 2.47. The monoisotopic (exact) mass is 313 g/mol. The molecular formula is C13H19N3O4S. The molecule has 1 aromatic carbocycles. The van der Waals surface area contributed by atoms with Crippen LogP contribution in [0.15, 0.2) is 34.3 Å². The quantitative estimate of drug-likeness (QED) is 0.186. The van der Waals surface area contributed by atoms with Crippen LogP contribution in [0.4, 0.5) is 4.79 Å². The summed E-state index contributed by atoms with van der Waals surface area (Å²) in [5, 5.41) is 23.4. The molecule has 1 atom stereocenters. The number of aliphatic hydroxyl groups is 1. The van der Waals surface area contributed by atoms with Gasteiger partial charge in [0.25, 0.3) is 0 Å². The van der Waals surface area contributed by atoms with Gasteiger partial charge in [0.05, 0.1) is 12.6 Å². The van der Waals surface area contributed by atoms with E-state index in [1.807, 2.05) is 30.5 Å². The van der Waals surface area contributed by atoms with Crippen LogP contribution in [-0.2, 0) is 11.3 Å². The van der Waals surface area contributed by atoms with E-state index in [4.69, 9.17) is 20.8 Å². The number of oxime groups is 1. The third-order valence-corrected chi connectivity index (χ3v) is 3.35. The Morgan fingerprint density at radius 2 is 2.14 bits per heavy atom. The molecule has 1 unspecified atom stereocenters. The summed E-state index contributed by atoms with van der Waals surface area (Å²) in [6.07, 6.45) is 1.15. The smallest absolute Gasteiger partial charge is 0.405 e. The number of thioether (sulfide) groups is 1. The number of carbonyl (C=O) groups is 1. The molecule has 0 heterocycles. The Bertz CT molecular complexity index is 479. The van der Waals surface area contributed by atoms with Gasteiger partial charge in [0.1, 0.15) is 6.61 Å². The summed E-state index contributed by atoms with van der Waals surface area (Å²) in [4.78, 5) is 16.7. The lowest BCUT2D eigenvalue weighted by molar-refractivity contribution is 0.0974. The highest BCUT2D eigenvalue weighted by atomic mass is 32.2. The lowest BCUT2D eigenvalue weighted by Crippen LogP contribution is -2.45. The number of nitrogens with zero attached hydrogens (tertiary/aromatic N) is 1. The molecule has 116 valence electrons. The Morgan fingerprint density at radius 3 is 2.67 bits per heavy atom. The minimum atomic E-state index is -1.19. The van der Waals surface area contributed by atoms with Crippen molar-refractivity contribution in [1.29, 1.82) is 0 Å². The summed E-state index contributed by atoms with van der Waals surface area (Å²) >= 11 is 1.63. The minimum absolute atomic E-state index is 0.00289. The first-order chi connectivity index (χ1) is 10.1. The van der Waals surface area contributed by atoms with Gasteiger partial charge in [-0.2, -0.15) is 0 Å². The number of amidine groups is 1. The van der Waals surface area contributed by atoms with E-state index in [2.05, 4.69) is 10.5 Å². The molecule has 0 saturated carbocycles. The van der Waals surface area contributed by atoms with Gasteiger partial charge in [-0.05, 0) is 24.0 Å². The maximum Gasteiger partial charge on any atom is 0.405 e. The van der Waals surface area contributed by atoms with Crippen LogP contribution in [0, 0.1) is 0 Å². The van der Waals surface area contributed by atoms with Crippen LogP contribution in [-0.4, -0.2) is 47.7 Å². The van der Waals surface area contributed by atoms with Crippen molar-refractivity contribution in [3.63, 3.8) is 0 Å². The van der Waals surface area contributed by atoms with Crippen LogP contribution in [0.5, 0.6) is 0 Å². The van der Waals surface area contributed by atoms with Crippen molar-refractivity contribution in [2.75, 3.05) is 19.5 Å². The molecule has 7 nitrogen and oxygen atoms in total.